The molecule has 12 nitrogen and oxygen atoms in total. The molecule has 0 rings (SSSR count). The van der Waals surface area contributed by atoms with Crippen molar-refractivity contribution in [1.29, 1.82) is 0 Å². The number of primary amides is 1. The van der Waals surface area contributed by atoms with Crippen molar-refractivity contribution in [2.45, 2.75) is 83.5 Å². The molecule has 0 saturated heterocycles. The van der Waals surface area contributed by atoms with E-state index < -0.39 is 53.8 Å². The summed E-state index contributed by atoms with van der Waals surface area (Å²) >= 11 is 0. The van der Waals surface area contributed by atoms with Crippen molar-refractivity contribution in [1.82, 2.24) is 16.0 Å². The molecule has 4 amide bonds. The number of carbonyl (C=O) groups excluding carboxylic acids is 4. The van der Waals surface area contributed by atoms with E-state index in [1.54, 1.807) is 6.92 Å². The van der Waals surface area contributed by atoms with Gasteiger partial charge in [-0.2, -0.15) is 0 Å². The maximum absolute atomic E-state index is 12.7. The van der Waals surface area contributed by atoms with Crippen LogP contribution in [0.25, 0.3) is 0 Å². The Morgan fingerprint density at radius 3 is 2.03 bits per heavy atom. The number of nitrogens with two attached hydrogens (primary N) is 3. The summed E-state index contributed by atoms with van der Waals surface area (Å²) < 4.78 is 0. The van der Waals surface area contributed by atoms with Crippen molar-refractivity contribution >= 4 is 29.6 Å². The predicted octanol–water partition coefficient (Wildman–Crippen LogP) is -1.69. The maximum Gasteiger partial charge on any atom is 0.326 e. The fourth-order valence-corrected chi connectivity index (χ4v) is 2.81. The third-order valence-corrected chi connectivity index (χ3v) is 5.15. The van der Waals surface area contributed by atoms with Crippen molar-refractivity contribution in [2.24, 2.45) is 23.1 Å². The SMILES string of the molecule is CCC(C)C(NC(=O)C(CCCCN)NC(=O)C(C)NC(=O)C(N)CCC(N)=O)C(=O)O. The zero-order valence-electron chi connectivity index (χ0n) is 19.1. The second-order valence-corrected chi connectivity index (χ2v) is 7.90. The summed E-state index contributed by atoms with van der Waals surface area (Å²) in [5.41, 5.74) is 16.2. The van der Waals surface area contributed by atoms with Crippen LogP contribution >= 0.6 is 0 Å². The minimum atomic E-state index is -1.16. The van der Waals surface area contributed by atoms with Crippen LogP contribution in [0, 0.1) is 5.92 Å². The highest BCUT2D eigenvalue weighted by molar-refractivity contribution is 5.94. The van der Waals surface area contributed by atoms with E-state index in [1.165, 1.54) is 6.92 Å². The van der Waals surface area contributed by atoms with Gasteiger partial charge in [-0.1, -0.05) is 20.3 Å². The van der Waals surface area contributed by atoms with Crippen molar-refractivity contribution in [3.63, 3.8) is 0 Å². The minimum absolute atomic E-state index is 0.0335. The zero-order valence-corrected chi connectivity index (χ0v) is 19.1. The Balaban J connectivity index is 5.12. The normalized spacial score (nSPS) is 15.5. The first-order chi connectivity index (χ1) is 14.9. The zero-order chi connectivity index (χ0) is 24.8. The molecule has 0 aromatic carbocycles. The third-order valence-electron chi connectivity index (χ3n) is 5.15. The van der Waals surface area contributed by atoms with Gasteiger partial charge < -0.3 is 38.3 Å². The van der Waals surface area contributed by atoms with E-state index in [4.69, 9.17) is 17.2 Å². The highest BCUT2D eigenvalue weighted by atomic mass is 16.4. The van der Waals surface area contributed by atoms with Gasteiger partial charge >= 0.3 is 5.97 Å². The summed E-state index contributed by atoms with van der Waals surface area (Å²) in [6, 6.07) is -4.13. The molecule has 0 aliphatic rings. The Hall–Kier alpha value is -2.73. The first-order valence-corrected chi connectivity index (χ1v) is 10.8. The van der Waals surface area contributed by atoms with Crippen LogP contribution in [0.1, 0.15) is 59.3 Å². The predicted molar refractivity (Wildman–Crippen MR) is 118 cm³/mol. The number of hydrogen-bond acceptors (Lipinski definition) is 7. The molecule has 0 aliphatic carbocycles. The molecule has 0 spiro atoms. The quantitative estimate of drug-likeness (QED) is 0.132. The number of amides is 4. The summed E-state index contributed by atoms with van der Waals surface area (Å²) in [5, 5.41) is 16.9. The van der Waals surface area contributed by atoms with Gasteiger partial charge in [-0.3, -0.25) is 19.2 Å². The van der Waals surface area contributed by atoms with E-state index in [0.29, 0.717) is 25.8 Å². The second-order valence-electron chi connectivity index (χ2n) is 7.90. The lowest BCUT2D eigenvalue weighted by atomic mass is 9.98. The Bertz CT molecular complexity index is 658. The topological polar surface area (TPSA) is 220 Å². The van der Waals surface area contributed by atoms with E-state index >= 15 is 0 Å². The van der Waals surface area contributed by atoms with Gasteiger partial charge in [-0.25, -0.2) is 4.79 Å². The molecule has 0 fully saturated rings. The number of carboxylic acid groups (broad SMARTS) is 1. The lowest BCUT2D eigenvalue weighted by molar-refractivity contribution is -0.144. The van der Waals surface area contributed by atoms with E-state index in [0.717, 1.165) is 0 Å². The van der Waals surface area contributed by atoms with Crippen LogP contribution in [0.2, 0.25) is 0 Å². The van der Waals surface area contributed by atoms with Gasteiger partial charge in [-0.05, 0) is 45.1 Å². The fourth-order valence-electron chi connectivity index (χ4n) is 2.81. The molecule has 0 heterocycles. The van der Waals surface area contributed by atoms with Crippen LogP contribution in [-0.4, -0.2) is 65.4 Å². The number of carbonyl (C=O) groups is 5. The van der Waals surface area contributed by atoms with Gasteiger partial charge in [0.2, 0.25) is 23.6 Å². The average Bonchev–Trinajstić information content (AvgIpc) is 2.73. The van der Waals surface area contributed by atoms with E-state index in [2.05, 4.69) is 16.0 Å². The number of nitrogens with one attached hydrogen (secondary N) is 3. The van der Waals surface area contributed by atoms with Gasteiger partial charge in [0.1, 0.15) is 18.1 Å². The Morgan fingerprint density at radius 2 is 1.53 bits per heavy atom. The molecule has 0 aromatic heterocycles. The number of hydrogen-bond donors (Lipinski definition) is 7. The van der Waals surface area contributed by atoms with Gasteiger partial charge in [0.25, 0.3) is 0 Å². The highest BCUT2D eigenvalue weighted by Gasteiger charge is 2.30. The minimum Gasteiger partial charge on any atom is -0.480 e. The molecule has 0 bridgehead atoms. The fraction of sp³-hybridized carbons (Fsp3) is 0.750. The largest absolute Gasteiger partial charge is 0.480 e. The molecular formula is C20H38N6O6. The molecule has 12 heteroatoms. The first-order valence-electron chi connectivity index (χ1n) is 10.8. The maximum atomic E-state index is 12.7. The van der Waals surface area contributed by atoms with Crippen LogP contribution in [-0.2, 0) is 24.0 Å². The van der Waals surface area contributed by atoms with Crippen LogP contribution in [0.15, 0.2) is 0 Å². The summed E-state index contributed by atoms with van der Waals surface area (Å²) in [6.45, 7) is 5.34. The Kier molecular flexibility index (Phi) is 13.8. The second kappa shape index (κ2) is 15.1. The molecule has 5 atom stereocenters. The molecule has 0 saturated carbocycles. The van der Waals surface area contributed by atoms with Crippen LogP contribution in [0.5, 0.6) is 0 Å². The van der Waals surface area contributed by atoms with Gasteiger partial charge in [0.15, 0.2) is 0 Å². The molecule has 0 radical (unpaired) electrons. The van der Waals surface area contributed by atoms with Crippen LogP contribution in [0.4, 0.5) is 0 Å². The number of carboxylic acids is 1. The Morgan fingerprint density at radius 1 is 0.906 bits per heavy atom. The summed E-state index contributed by atoms with van der Waals surface area (Å²) in [7, 11) is 0. The molecule has 184 valence electrons. The van der Waals surface area contributed by atoms with Crippen molar-refractivity contribution < 1.29 is 29.1 Å². The van der Waals surface area contributed by atoms with E-state index in [-0.39, 0.29) is 25.2 Å². The van der Waals surface area contributed by atoms with Gasteiger partial charge in [-0.15, -0.1) is 0 Å². The highest BCUT2D eigenvalue weighted by Crippen LogP contribution is 2.10. The van der Waals surface area contributed by atoms with Crippen molar-refractivity contribution in [3.05, 3.63) is 0 Å². The smallest absolute Gasteiger partial charge is 0.326 e. The molecule has 0 aliphatic heterocycles. The number of unbranched alkanes of at least 4 members (excludes halogenated alkanes) is 1. The molecule has 5 unspecified atom stereocenters. The summed E-state index contributed by atoms with van der Waals surface area (Å²) in [4.78, 5) is 59.7. The summed E-state index contributed by atoms with van der Waals surface area (Å²) in [6.07, 6.45) is 1.91. The number of rotatable bonds is 16. The third kappa shape index (κ3) is 11.0. The lowest BCUT2D eigenvalue weighted by Gasteiger charge is -2.25. The van der Waals surface area contributed by atoms with E-state index in [9.17, 15) is 29.1 Å². The molecule has 0 aromatic rings. The lowest BCUT2D eigenvalue weighted by Crippen LogP contribution is -2.57. The molecule has 10 N–H and O–H groups in total. The Labute approximate surface area is 188 Å². The standard InChI is InChI=1S/C20H38N6O6/c1-4-11(2)16(20(31)32)26-19(30)14(7-5-6-10-21)25-17(28)12(3)24-18(29)13(22)8-9-15(23)27/h11-14,16H,4-10,21-22H2,1-3H3,(H2,23,27)(H,24,29)(H,25,28)(H,26,30)(H,31,32). The van der Waals surface area contributed by atoms with Gasteiger partial charge in [0, 0.05) is 6.42 Å². The average molecular weight is 459 g/mol. The first kappa shape index (κ1) is 29.3. The van der Waals surface area contributed by atoms with Crippen LogP contribution in [0.3, 0.4) is 0 Å². The molecule has 32 heavy (non-hydrogen) atoms. The van der Waals surface area contributed by atoms with Crippen molar-refractivity contribution in [2.75, 3.05) is 6.54 Å². The van der Waals surface area contributed by atoms with E-state index in [1.807, 2.05) is 6.92 Å². The molecular weight excluding hydrogens is 420 g/mol. The monoisotopic (exact) mass is 458 g/mol. The number of aliphatic carboxylic acids is 1. The van der Waals surface area contributed by atoms with Crippen LogP contribution < -0.4 is 33.2 Å². The summed E-state index contributed by atoms with van der Waals surface area (Å²) in [5.74, 6) is -3.96. The van der Waals surface area contributed by atoms with Crippen molar-refractivity contribution in [3.8, 4) is 0 Å². The van der Waals surface area contributed by atoms with Gasteiger partial charge in [0.05, 0.1) is 6.04 Å².